The molecule has 2 aliphatic rings. The highest BCUT2D eigenvalue weighted by Crippen LogP contribution is 2.38. The molecule has 1 amide bonds. The van der Waals surface area contributed by atoms with E-state index in [0.717, 1.165) is 13.1 Å². The number of aliphatic hydroxyl groups excluding tert-OH is 1. The first-order valence-corrected chi connectivity index (χ1v) is 13.1. The molecular weight excluding hydrogens is 546 g/mol. The first kappa shape index (κ1) is 26.4. The highest BCUT2D eigenvalue weighted by Gasteiger charge is 2.40. The monoisotopic (exact) mass is 572 g/mol. The Morgan fingerprint density at radius 1 is 1.25 bits per heavy atom. The van der Waals surface area contributed by atoms with Crippen LogP contribution in [0.5, 0.6) is 5.75 Å². The number of halogens is 3. The van der Waals surface area contributed by atoms with Gasteiger partial charge in [0, 0.05) is 55.4 Å². The fourth-order valence-electron chi connectivity index (χ4n) is 5.63. The van der Waals surface area contributed by atoms with E-state index in [1.165, 1.54) is 33.6 Å². The number of hydrogen-bond acceptors (Lipinski definition) is 8. The maximum Gasteiger partial charge on any atom is 0.387 e. The van der Waals surface area contributed by atoms with Crippen LogP contribution in [-0.4, -0.2) is 85.0 Å². The molecule has 6 rings (SSSR count). The van der Waals surface area contributed by atoms with Crippen LogP contribution < -0.4 is 10.1 Å². The minimum atomic E-state index is -3.08. The van der Waals surface area contributed by atoms with Crippen molar-refractivity contribution >= 4 is 28.8 Å². The number of amides is 1. The number of hydrogen-bond donors (Lipinski definition) is 2. The number of benzene rings is 1. The van der Waals surface area contributed by atoms with Crippen LogP contribution in [0.15, 0.2) is 49.1 Å². The summed E-state index contributed by atoms with van der Waals surface area (Å²) in [4.78, 5) is 21.6. The van der Waals surface area contributed by atoms with Gasteiger partial charge in [-0.1, -0.05) is 11.6 Å². The third-order valence-electron chi connectivity index (χ3n) is 7.39. The van der Waals surface area contributed by atoms with Gasteiger partial charge < -0.3 is 25.0 Å². The highest BCUT2D eigenvalue weighted by atomic mass is 35.5. The number of aromatic nitrogens is 5. The predicted molar refractivity (Wildman–Crippen MR) is 142 cm³/mol. The van der Waals surface area contributed by atoms with Crippen molar-refractivity contribution in [3.63, 3.8) is 0 Å². The maximum atomic E-state index is 13.2. The van der Waals surface area contributed by atoms with Crippen molar-refractivity contribution in [2.45, 2.75) is 19.4 Å². The molecule has 11 nitrogen and oxygen atoms in total. The first-order valence-electron chi connectivity index (χ1n) is 12.8. The Morgan fingerprint density at radius 2 is 2.02 bits per heavy atom. The molecular formula is C26H27ClF2N8O3. The van der Waals surface area contributed by atoms with Gasteiger partial charge in [-0.2, -0.15) is 19.0 Å². The van der Waals surface area contributed by atoms with Gasteiger partial charge in [-0.3, -0.25) is 9.48 Å². The zero-order chi connectivity index (χ0) is 28.0. The number of rotatable bonds is 8. The van der Waals surface area contributed by atoms with Crippen molar-refractivity contribution in [3.05, 3.63) is 59.6 Å². The second kappa shape index (κ2) is 10.6. The molecule has 2 saturated heterocycles. The van der Waals surface area contributed by atoms with E-state index in [2.05, 4.69) is 32.4 Å². The zero-order valence-electron chi connectivity index (χ0n) is 21.5. The maximum absolute atomic E-state index is 13.2. The summed E-state index contributed by atoms with van der Waals surface area (Å²) in [5.74, 6) is 0.659. The van der Waals surface area contributed by atoms with E-state index in [-0.39, 0.29) is 40.2 Å². The molecule has 3 aromatic heterocycles. The molecule has 0 spiro atoms. The highest BCUT2D eigenvalue weighted by molar-refractivity contribution is 6.31. The summed E-state index contributed by atoms with van der Waals surface area (Å²) >= 11 is 6.21. The minimum Gasteiger partial charge on any atom is -0.434 e. The number of aliphatic hydroxyl groups is 1. The van der Waals surface area contributed by atoms with Crippen LogP contribution >= 0.6 is 11.6 Å². The van der Waals surface area contributed by atoms with E-state index < -0.39 is 12.8 Å². The molecule has 2 fully saturated rings. The number of anilines is 1. The summed E-state index contributed by atoms with van der Waals surface area (Å²) in [7, 11) is 2.09. The fraction of sp³-hybridized carbons (Fsp3) is 0.385. The summed E-state index contributed by atoms with van der Waals surface area (Å²) in [6.07, 6.45) is 5.01. The third-order valence-corrected chi connectivity index (χ3v) is 7.62. The Kier molecular flexibility index (Phi) is 7.02. The van der Waals surface area contributed by atoms with Crippen LogP contribution in [0.3, 0.4) is 0 Å². The van der Waals surface area contributed by atoms with Gasteiger partial charge in [-0.05, 0) is 43.1 Å². The predicted octanol–water partition coefficient (Wildman–Crippen LogP) is 2.97. The standard InChI is InChI=1S/C26H27ClF2N8O3/c1-34-9-15-11-35(12-16(15)10-34)22(38)14-36-13-20(32-25(39)19-8-31-37-6-2-5-30-24(19)37)23(33-36)18-7-17(27)3-4-21(18)40-26(28)29/h2-8,13,15-16,25-26,32,39H,9-12,14H2,1H3/t15-,16+,25?. The second-order valence-corrected chi connectivity index (χ2v) is 10.6. The molecule has 14 heteroatoms. The van der Waals surface area contributed by atoms with Crippen molar-refractivity contribution < 1.29 is 23.4 Å². The SMILES string of the molecule is CN1C[C@@H]2CN(C(=O)Cn3cc(NC(O)c4cnn5cccnc45)c(-c4cc(Cl)ccc4OC(F)F)n3)C[C@@H]2C1. The molecule has 2 aliphatic heterocycles. The normalized spacial score (nSPS) is 19.9. The van der Waals surface area contributed by atoms with E-state index in [4.69, 9.17) is 16.3 Å². The van der Waals surface area contributed by atoms with Crippen molar-refractivity contribution in [1.82, 2.24) is 34.2 Å². The van der Waals surface area contributed by atoms with E-state index in [1.807, 2.05) is 4.90 Å². The van der Waals surface area contributed by atoms with E-state index in [0.29, 0.717) is 36.1 Å². The smallest absolute Gasteiger partial charge is 0.387 e. The number of nitrogens with one attached hydrogen (secondary N) is 1. The molecule has 0 radical (unpaired) electrons. The Labute approximate surface area is 232 Å². The summed E-state index contributed by atoms with van der Waals surface area (Å²) in [5, 5.41) is 23.1. The van der Waals surface area contributed by atoms with Gasteiger partial charge in [0.25, 0.3) is 0 Å². The lowest BCUT2D eigenvalue weighted by Crippen LogP contribution is -2.34. The number of ether oxygens (including phenoxy) is 1. The molecule has 3 atom stereocenters. The summed E-state index contributed by atoms with van der Waals surface area (Å²) < 4.78 is 34.1. The van der Waals surface area contributed by atoms with Crippen molar-refractivity contribution in [2.24, 2.45) is 11.8 Å². The van der Waals surface area contributed by atoms with Gasteiger partial charge in [-0.25, -0.2) is 9.50 Å². The van der Waals surface area contributed by atoms with Crippen LogP contribution in [0.1, 0.15) is 11.8 Å². The fourth-order valence-corrected chi connectivity index (χ4v) is 5.80. The Hall–Kier alpha value is -3.81. The Bertz CT molecular complexity index is 1530. The molecule has 210 valence electrons. The van der Waals surface area contributed by atoms with Crippen LogP contribution in [0.25, 0.3) is 16.9 Å². The number of fused-ring (bicyclic) bond motifs is 2. The third kappa shape index (κ3) is 5.19. The van der Waals surface area contributed by atoms with Gasteiger partial charge >= 0.3 is 6.61 Å². The molecule has 2 N–H and O–H groups in total. The van der Waals surface area contributed by atoms with Crippen LogP contribution in [0, 0.1) is 11.8 Å². The van der Waals surface area contributed by atoms with Crippen molar-refractivity contribution in [1.29, 1.82) is 0 Å². The molecule has 1 aromatic carbocycles. The second-order valence-electron chi connectivity index (χ2n) is 10.2. The van der Waals surface area contributed by atoms with Crippen LogP contribution in [0.2, 0.25) is 5.02 Å². The molecule has 0 bridgehead atoms. The number of likely N-dealkylation sites (tertiary alicyclic amines) is 2. The molecule has 1 unspecified atom stereocenters. The number of alkyl halides is 2. The average molecular weight is 573 g/mol. The van der Waals surface area contributed by atoms with Gasteiger partial charge in [-0.15, -0.1) is 0 Å². The first-order chi connectivity index (χ1) is 19.2. The summed E-state index contributed by atoms with van der Waals surface area (Å²) in [5.41, 5.74) is 1.44. The molecule has 5 heterocycles. The van der Waals surface area contributed by atoms with Crippen molar-refractivity contribution in [2.75, 3.05) is 38.5 Å². The lowest BCUT2D eigenvalue weighted by Gasteiger charge is -2.19. The van der Waals surface area contributed by atoms with Crippen LogP contribution in [0.4, 0.5) is 14.5 Å². The van der Waals surface area contributed by atoms with Gasteiger partial charge in [0.2, 0.25) is 5.91 Å². The quantitative estimate of drug-likeness (QED) is 0.310. The van der Waals surface area contributed by atoms with Gasteiger partial charge in [0.1, 0.15) is 18.0 Å². The molecule has 0 saturated carbocycles. The lowest BCUT2D eigenvalue weighted by molar-refractivity contribution is -0.131. The minimum absolute atomic E-state index is 0.0655. The van der Waals surface area contributed by atoms with Crippen LogP contribution in [-0.2, 0) is 11.3 Å². The van der Waals surface area contributed by atoms with E-state index in [1.54, 1.807) is 24.7 Å². The number of nitrogens with zero attached hydrogens (tertiary/aromatic N) is 7. The van der Waals surface area contributed by atoms with Gasteiger partial charge in [0.15, 0.2) is 11.9 Å². The Balaban J connectivity index is 1.31. The summed E-state index contributed by atoms with van der Waals surface area (Å²) in [6.45, 7) is 0.162. The largest absolute Gasteiger partial charge is 0.434 e. The zero-order valence-corrected chi connectivity index (χ0v) is 22.2. The molecule has 40 heavy (non-hydrogen) atoms. The number of carbonyl (C=O) groups excluding carboxylic acids is 1. The topological polar surface area (TPSA) is 113 Å². The average Bonchev–Trinajstić information content (AvgIpc) is 3.67. The van der Waals surface area contributed by atoms with E-state index in [9.17, 15) is 18.7 Å². The molecule has 4 aromatic rings. The van der Waals surface area contributed by atoms with E-state index >= 15 is 0 Å². The van der Waals surface area contributed by atoms with Crippen molar-refractivity contribution in [3.8, 4) is 17.0 Å². The number of carbonyl (C=O) groups is 1. The van der Waals surface area contributed by atoms with Gasteiger partial charge in [0.05, 0.1) is 17.4 Å². The Morgan fingerprint density at radius 3 is 2.77 bits per heavy atom. The summed E-state index contributed by atoms with van der Waals surface area (Å²) in [6, 6.07) is 5.90. The lowest BCUT2D eigenvalue weighted by atomic mass is 10.0. The molecule has 0 aliphatic carbocycles.